The molecule has 1 heterocycles. The zero-order chi connectivity index (χ0) is 21.1. The zero-order valence-electron chi connectivity index (χ0n) is 16.4. The molecule has 3 rings (SSSR count). The molecule has 2 aromatic carbocycles. The molecule has 8 nitrogen and oxygen atoms in total. The van der Waals surface area contributed by atoms with Crippen molar-refractivity contribution in [2.75, 3.05) is 27.9 Å². The minimum absolute atomic E-state index is 0.0364. The van der Waals surface area contributed by atoms with Crippen LogP contribution in [0.4, 0.5) is 0 Å². The van der Waals surface area contributed by atoms with Crippen LogP contribution >= 0.6 is 0 Å². The standard InChI is InChI=1S/C21H24O8/c1-26-15-7-5-11(9-17(15)28-3)19(23)13-10-29-21(25)18(13)20(24)12-4-6-14(22)16(8-12)27-2/h4-9,13,18-20,22-24H,10H2,1-3H3. The number of aromatic hydroxyl groups is 1. The van der Waals surface area contributed by atoms with Gasteiger partial charge in [0.15, 0.2) is 23.0 Å². The normalized spacial score (nSPS) is 20.7. The van der Waals surface area contributed by atoms with Crippen LogP contribution in [0.3, 0.4) is 0 Å². The van der Waals surface area contributed by atoms with E-state index in [4.69, 9.17) is 18.9 Å². The molecule has 0 aromatic heterocycles. The van der Waals surface area contributed by atoms with Crippen molar-refractivity contribution < 1.29 is 39.1 Å². The number of carbonyl (C=O) groups is 1. The van der Waals surface area contributed by atoms with E-state index in [-0.39, 0.29) is 18.1 Å². The van der Waals surface area contributed by atoms with Gasteiger partial charge in [-0.2, -0.15) is 0 Å². The van der Waals surface area contributed by atoms with Crippen molar-refractivity contribution in [3.8, 4) is 23.0 Å². The van der Waals surface area contributed by atoms with E-state index < -0.39 is 30.0 Å². The monoisotopic (exact) mass is 404 g/mol. The summed E-state index contributed by atoms with van der Waals surface area (Å²) in [6.45, 7) is -0.0364. The Hall–Kier alpha value is -2.97. The van der Waals surface area contributed by atoms with Crippen LogP contribution in [0.2, 0.25) is 0 Å². The molecule has 1 aliphatic rings. The summed E-state index contributed by atoms with van der Waals surface area (Å²) in [5, 5.41) is 31.5. The van der Waals surface area contributed by atoms with Gasteiger partial charge in [0.05, 0.1) is 46.1 Å². The lowest BCUT2D eigenvalue weighted by molar-refractivity contribution is -0.144. The van der Waals surface area contributed by atoms with Crippen LogP contribution in [0.15, 0.2) is 36.4 Å². The van der Waals surface area contributed by atoms with Gasteiger partial charge in [-0.05, 0) is 35.4 Å². The van der Waals surface area contributed by atoms with Gasteiger partial charge < -0.3 is 34.3 Å². The minimum Gasteiger partial charge on any atom is -0.504 e. The maximum absolute atomic E-state index is 12.4. The number of methoxy groups -OCH3 is 3. The second kappa shape index (κ2) is 8.59. The Bertz CT molecular complexity index is 881. The molecule has 0 spiro atoms. The van der Waals surface area contributed by atoms with Crippen molar-refractivity contribution >= 4 is 5.97 Å². The van der Waals surface area contributed by atoms with Crippen LogP contribution in [-0.2, 0) is 9.53 Å². The first-order valence-corrected chi connectivity index (χ1v) is 9.02. The highest BCUT2D eigenvalue weighted by Gasteiger charge is 2.46. The van der Waals surface area contributed by atoms with E-state index >= 15 is 0 Å². The average molecular weight is 404 g/mol. The van der Waals surface area contributed by atoms with Gasteiger partial charge in [0.1, 0.15) is 0 Å². The van der Waals surface area contributed by atoms with E-state index in [9.17, 15) is 20.1 Å². The van der Waals surface area contributed by atoms with Gasteiger partial charge in [0, 0.05) is 5.92 Å². The van der Waals surface area contributed by atoms with E-state index in [1.807, 2.05) is 0 Å². The number of phenols is 1. The Morgan fingerprint density at radius 3 is 2.14 bits per heavy atom. The van der Waals surface area contributed by atoms with E-state index in [2.05, 4.69) is 0 Å². The molecule has 3 N–H and O–H groups in total. The molecule has 1 saturated heterocycles. The Balaban J connectivity index is 1.90. The predicted molar refractivity (Wildman–Crippen MR) is 102 cm³/mol. The van der Waals surface area contributed by atoms with Crippen molar-refractivity contribution in [3.63, 3.8) is 0 Å². The molecule has 0 aliphatic carbocycles. The Kier molecular flexibility index (Phi) is 6.14. The van der Waals surface area contributed by atoms with Crippen molar-refractivity contribution in [1.82, 2.24) is 0 Å². The van der Waals surface area contributed by atoms with Crippen molar-refractivity contribution in [1.29, 1.82) is 0 Å². The second-order valence-electron chi connectivity index (χ2n) is 6.76. The summed E-state index contributed by atoms with van der Waals surface area (Å²) < 4.78 is 20.7. The maximum atomic E-state index is 12.4. The molecule has 4 atom stereocenters. The summed E-state index contributed by atoms with van der Waals surface area (Å²) in [7, 11) is 4.38. The molecule has 0 bridgehead atoms. The van der Waals surface area contributed by atoms with E-state index in [0.29, 0.717) is 22.6 Å². The fourth-order valence-electron chi connectivity index (χ4n) is 3.57. The van der Waals surface area contributed by atoms with Gasteiger partial charge >= 0.3 is 5.97 Å². The zero-order valence-corrected chi connectivity index (χ0v) is 16.4. The first kappa shape index (κ1) is 20.8. The molecular formula is C21H24O8. The largest absolute Gasteiger partial charge is 0.504 e. The molecule has 2 aromatic rings. The van der Waals surface area contributed by atoms with Gasteiger partial charge in [-0.3, -0.25) is 4.79 Å². The molecule has 0 radical (unpaired) electrons. The fourth-order valence-corrected chi connectivity index (χ4v) is 3.57. The molecule has 0 saturated carbocycles. The smallest absolute Gasteiger partial charge is 0.312 e. The Labute approximate surface area is 168 Å². The molecule has 8 heteroatoms. The Morgan fingerprint density at radius 1 is 0.897 bits per heavy atom. The number of phenolic OH excluding ortho intramolecular Hbond substituents is 1. The number of aliphatic hydroxyl groups is 2. The summed E-state index contributed by atoms with van der Waals surface area (Å²) in [4.78, 5) is 12.4. The molecule has 1 fully saturated rings. The van der Waals surface area contributed by atoms with Crippen LogP contribution in [0.25, 0.3) is 0 Å². The summed E-state index contributed by atoms with van der Waals surface area (Å²) in [5.74, 6) is -1.24. The highest BCUT2D eigenvalue weighted by atomic mass is 16.5. The van der Waals surface area contributed by atoms with E-state index in [0.717, 1.165) is 0 Å². The molecule has 4 unspecified atom stereocenters. The number of aliphatic hydroxyl groups excluding tert-OH is 2. The molecule has 29 heavy (non-hydrogen) atoms. The molecule has 0 amide bonds. The Morgan fingerprint density at radius 2 is 1.48 bits per heavy atom. The van der Waals surface area contributed by atoms with Crippen molar-refractivity contribution in [3.05, 3.63) is 47.5 Å². The van der Waals surface area contributed by atoms with E-state index in [1.54, 1.807) is 18.2 Å². The number of esters is 1. The third kappa shape index (κ3) is 3.94. The van der Waals surface area contributed by atoms with Crippen LogP contribution in [0, 0.1) is 11.8 Å². The quantitative estimate of drug-likeness (QED) is 0.600. The average Bonchev–Trinajstić information content (AvgIpc) is 3.13. The first-order valence-electron chi connectivity index (χ1n) is 9.02. The topological polar surface area (TPSA) is 115 Å². The summed E-state index contributed by atoms with van der Waals surface area (Å²) in [5.41, 5.74) is 0.874. The lowest BCUT2D eigenvalue weighted by Crippen LogP contribution is -2.28. The van der Waals surface area contributed by atoms with Crippen molar-refractivity contribution in [2.24, 2.45) is 11.8 Å². The SMILES string of the molecule is COc1cc(C(O)C2C(=O)OCC2C(O)c2ccc(OC)c(OC)c2)ccc1O. The van der Waals surface area contributed by atoms with Gasteiger partial charge in [-0.15, -0.1) is 0 Å². The highest BCUT2D eigenvalue weighted by molar-refractivity contribution is 5.76. The lowest BCUT2D eigenvalue weighted by atomic mass is 9.81. The first-order chi connectivity index (χ1) is 13.9. The van der Waals surface area contributed by atoms with Crippen molar-refractivity contribution in [2.45, 2.75) is 12.2 Å². The number of hydrogen-bond acceptors (Lipinski definition) is 8. The van der Waals surface area contributed by atoms with Crippen LogP contribution < -0.4 is 14.2 Å². The summed E-state index contributed by atoms with van der Waals surface area (Å²) >= 11 is 0. The lowest BCUT2D eigenvalue weighted by Gasteiger charge is -2.26. The second-order valence-corrected chi connectivity index (χ2v) is 6.76. The summed E-state index contributed by atoms with van der Waals surface area (Å²) in [6.07, 6.45) is -2.33. The minimum atomic E-state index is -1.25. The highest BCUT2D eigenvalue weighted by Crippen LogP contribution is 2.43. The van der Waals surface area contributed by atoms with Gasteiger partial charge in [0.25, 0.3) is 0 Å². The van der Waals surface area contributed by atoms with Gasteiger partial charge in [-0.25, -0.2) is 0 Å². The van der Waals surface area contributed by atoms with Gasteiger partial charge in [-0.1, -0.05) is 12.1 Å². The van der Waals surface area contributed by atoms with Crippen LogP contribution in [0.1, 0.15) is 23.3 Å². The number of hydrogen-bond donors (Lipinski definition) is 3. The summed E-state index contributed by atoms with van der Waals surface area (Å²) in [6, 6.07) is 9.27. The molecule has 156 valence electrons. The molecular weight excluding hydrogens is 380 g/mol. The number of ether oxygens (including phenoxy) is 4. The predicted octanol–water partition coefficient (Wildman–Crippen LogP) is 1.97. The maximum Gasteiger partial charge on any atom is 0.312 e. The van der Waals surface area contributed by atoms with Gasteiger partial charge in [0.2, 0.25) is 0 Å². The number of cyclic esters (lactones) is 1. The fraction of sp³-hybridized carbons (Fsp3) is 0.381. The third-order valence-electron chi connectivity index (χ3n) is 5.19. The number of benzene rings is 2. The molecule has 1 aliphatic heterocycles. The number of carbonyl (C=O) groups excluding carboxylic acids is 1. The number of rotatable bonds is 7. The van der Waals surface area contributed by atoms with Crippen LogP contribution in [-0.4, -0.2) is 49.2 Å². The van der Waals surface area contributed by atoms with Crippen LogP contribution in [0.5, 0.6) is 23.0 Å². The third-order valence-corrected chi connectivity index (χ3v) is 5.19. The van der Waals surface area contributed by atoms with E-state index in [1.165, 1.54) is 39.5 Å².